The summed E-state index contributed by atoms with van der Waals surface area (Å²) in [6.07, 6.45) is 0.702. The summed E-state index contributed by atoms with van der Waals surface area (Å²) >= 11 is 0. The van der Waals surface area contributed by atoms with E-state index in [2.05, 4.69) is 0 Å². The van der Waals surface area contributed by atoms with Crippen LogP contribution in [0, 0.1) is 0 Å². The Hall–Kier alpha value is -2.55. The van der Waals surface area contributed by atoms with E-state index in [1.807, 2.05) is 59.2 Å². The molecule has 21 heavy (non-hydrogen) atoms. The van der Waals surface area contributed by atoms with E-state index in [4.69, 9.17) is 4.74 Å². The van der Waals surface area contributed by atoms with Crippen molar-refractivity contribution in [3.8, 4) is 5.75 Å². The molecule has 0 fully saturated rings. The lowest BCUT2D eigenvalue weighted by Gasteiger charge is -2.13. The minimum absolute atomic E-state index is 0.0741. The molecule has 104 valence electrons. The van der Waals surface area contributed by atoms with E-state index in [0.717, 1.165) is 27.8 Å². The second kappa shape index (κ2) is 4.77. The SMILES string of the molecule is O=c1c2c(c3ccccc3n1Cc1ccccc1)OCC2. The predicted molar refractivity (Wildman–Crippen MR) is 83.0 cm³/mol. The van der Waals surface area contributed by atoms with E-state index in [0.29, 0.717) is 19.6 Å². The molecule has 0 saturated heterocycles. The molecule has 0 saturated carbocycles. The van der Waals surface area contributed by atoms with Gasteiger partial charge >= 0.3 is 0 Å². The smallest absolute Gasteiger partial charge is 0.258 e. The van der Waals surface area contributed by atoms with Crippen LogP contribution in [0.3, 0.4) is 0 Å². The first kappa shape index (κ1) is 12.2. The fourth-order valence-corrected chi connectivity index (χ4v) is 3.00. The van der Waals surface area contributed by atoms with Crippen LogP contribution < -0.4 is 10.3 Å². The maximum atomic E-state index is 12.8. The van der Waals surface area contributed by atoms with E-state index in [9.17, 15) is 4.79 Å². The van der Waals surface area contributed by atoms with Gasteiger partial charge in [-0.1, -0.05) is 42.5 Å². The highest BCUT2D eigenvalue weighted by atomic mass is 16.5. The molecule has 4 rings (SSSR count). The number of rotatable bonds is 2. The molecule has 0 amide bonds. The highest BCUT2D eigenvalue weighted by Gasteiger charge is 2.22. The fourth-order valence-electron chi connectivity index (χ4n) is 3.00. The van der Waals surface area contributed by atoms with Crippen LogP contribution in [0.1, 0.15) is 11.1 Å². The zero-order valence-electron chi connectivity index (χ0n) is 11.6. The lowest BCUT2D eigenvalue weighted by atomic mass is 10.1. The third-order valence-electron chi connectivity index (χ3n) is 4.00. The normalized spacial score (nSPS) is 13.1. The summed E-state index contributed by atoms with van der Waals surface area (Å²) in [5.74, 6) is 0.778. The van der Waals surface area contributed by atoms with Crippen LogP contribution in [0.5, 0.6) is 5.75 Å². The fraction of sp³-hybridized carbons (Fsp3) is 0.167. The van der Waals surface area contributed by atoms with Crippen molar-refractivity contribution in [3.05, 3.63) is 76.1 Å². The molecule has 3 heteroatoms. The molecular weight excluding hydrogens is 262 g/mol. The van der Waals surface area contributed by atoms with Gasteiger partial charge in [0.15, 0.2) is 0 Å². The van der Waals surface area contributed by atoms with Crippen molar-refractivity contribution >= 4 is 10.9 Å². The summed E-state index contributed by atoms with van der Waals surface area (Å²) in [7, 11) is 0. The Morgan fingerprint density at radius 2 is 1.76 bits per heavy atom. The largest absolute Gasteiger partial charge is 0.492 e. The number of benzene rings is 2. The van der Waals surface area contributed by atoms with E-state index in [1.54, 1.807) is 0 Å². The summed E-state index contributed by atoms with van der Waals surface area (Å²) in [5, 5.41) is 1.03. The van der Waals surface area contributed by atoms with Gasteiger partial charge in [0.1, 0.15) is 5.75 Å². The molecule has 1 aliphatic rings. The van der Waals surface area contributed by atoms with Crippen molar-refractivity contribution in [3.63, 3.8) is 0 Å². The number of fused-ring (bicyclic) bond motifs is 3. The van der Waals surface area contributed by atoms with Crippen LogP contribution in [-0.2, 0) is 13.0 Å². The van der Waals surface area contributed by atoms with Crippen LogP contribution in [0.2, 0.25) is 0 Å². The lowest BCUT2D eigenvalue weighted by Crippen LogP contribution is -2.24. The molecule has 1 aliphatic heterocycles. The zero-order chi connectivity index (χ0) is 14.2. The van der Waals surface area contributed by atoms with Crippen LogP contribution in [0.25, 0.3) is 10.9 Å². The van der Waals surface area contributed by atoms with Gasteiger partial charge in [-0.3, -0.25) is 4.79 Å². The first-order valence-corrected chi connectivity index (χ1v) is 7.16. The number of para-hydroxylation sites is 1. The van der Waals surface area contributed by atoms with Crippen molar-refractivity contribution in [2.45, 2.75) is 13.0 Å². The number of hydrogen-bond acceptors (Lipinski definition) is 2. The Labute approximate surface area is 122 Å². The molecule has 0 bridgehead atoms. The second-order valence-corrected chi connectivity index (χ2v) is 5.30. The van der Waals surface area contributed by atoms with E-state index in [1.165, 1.54) is 0 Å². The highest BCUT2D eigenvalue weighted by molar-refractivity contribution is 5.87. The highest BCUT2D eigenvalue weighted by Crippen LogP contribution is 2.31. The Bertz CT molecular complexity index is 866. The van der Waals surface area contributed by atoms with E-state index in [-0.39, 0.29) is 5.56 Å². The zero-order valence-corrected chi connectivity index (χ0v) is 11.6. The average molecular weight is 277 g/mol. The minimum atomic E-state index is 0.0741. The third kappa shape index (κ3) is 1.93. The van der Waals surface area contributed by atoms with Gasteiger partial charge in [-0.2, -0.15) is 0 Å². The van der Waals surface area contributed by atoms with Gasteiger partial charge in [0, 0.05) is 11.8 Å². The first-order valence-electron chi connectivity index (χ1n) is 7.16. The van der Waals surface area contributed by atoms with Gasteiger partial charge in [-0.25, -0.2) is 0 Å². The minimum Gasteiger partial charge on any atom is -0.492 e. The molecule has 0 aliphatic carbocycles. The average Bonchev–Trinajstić information content (AvgIpc) is 3.02. The summed E-state index contributed by atoms with van der Waals surface area (Å²) in [6, 6.07) is 18.0. The van der Waals surface area contributed by atoms with Crippen molar-refractivity contribution in [2.24, 2.45) is 0 Å². The molecule has 0 N–H and O–H groups in total. The van der Waals surface area contributed by atoms with E-state index >= 15 is 0 Å². The molecule has 3 nitrogen and oxygen atoms in total. The lowest BCUT2D eigenvalue weighted by molar-refractivity contribution is 0.360. The van der Waals surface area contributed by atoms with Gasteiger partial charge in [0.25, 0.3) is 5.56 Å². The van der Waals surface area contributed by atoms with Gasteiger partial charge in [0.05, 0.1) is 24.2 Å². The van der Waals surface area contributed by atoms with Crippen molar-refractivity contribution in [1.82, 2.24) is 4.57 Å². The summed E-state index contributed by atoms with van der Waals surface area (Å²) in [6.45, 7) is 1.19. The predicted octanol–water partition coefficient (Wildman–Crippen LogP) is 2.98. The standard InChI is InChI=1S/C18H15NO2/c20-18-15-10-11-21-17(15)14-8-4-5-9-16(14)19(18)12-13-6-2-1-3-7-13/h1-9H,10-12H2. The molecule has 2 heterocycles. The summed E-state index contributed by atoms with van der Waals surface area (Å²) < 4.78 is 7.54. The number of ether oxygens (including phenoxy) is 1. The Morgan fingerprint density at radius 1 is 1.00 bits per heavy atom. The van der Waals surface area contributed by atoms with Crippen LogP contribution in [0.4, 0.5) is 0 Å². The Balaban J connectivity index is 1.98. The quantitative estimate of drug-likeness (QED) is 0.721. The number of hydrogen-bond donors (Lipinski definition) is 0. The second-order valence-electron chi connectivity index (χ2n) is 5.30. The Morgan fingerprint density at radius 3 is 2.62 bits per heavy atom. The molecule has 0 radical (unpaired) electrons. The molecule has 0 atom stereocenters. The number of aromatic nitrogens is 1. The van der Waals surface area contributed by atoms with Crippen LogP contribution in [-0.4, -0.2) is 11.2 Å². The van der Waals surface area contributed by atoms with Crippen molar-refractivity contribution < 1.29 is 4.74 Å². The maximum Gasteiger partial charge on any atom is 0.258 e. The van der Waals surface area contributed by atoms with E-state index < -0.39 is 0 Å². The van der Waals surface area contributed by atoms with Crippen LogP contribution in [0.15, 0.2) is 59.4 Å². The molecule has 3 aromatic rings. The summed E-state index contributed by atoms with van der Waals surface area (Å²) in [5.41, 5.74) is 2.95. The molecule has 1 aromatic heterocycles. The third-order valence-corrected chi connectivity index (χ3v) is 4.00. The first-order chi connectivity index (χ1) is 10.3. The monoisotopic (exact) mass is 277 g/mol. The molecular formula is C18H15NO2. The van der Waals surface area contributed by atoms with Crippen LogP contribution >= 0.6 is 0 Å². The number of pyridine rings is 1. The Kier molecular flexibility index (Phi) is 2.78. The summed E-state index contributed by atoms with van der Waals surface area (Å²) in [4.78, 5) is 12.8. The van der Waals surface area contributed by atoms with Gasteiger partial charge < -0.3 is 9.30 Å². The maximum absolute atomic E-state index is 12.8. The van der Waals surface area contributed by atoms with Gasteiger partial charge in [-0.05, 0) is 17.7 Å². The van der Waals surface area contributed by atoms with Gasteiger partial charge in [0.2, 0.25) is 0 Å². The van der Waals surface area contributed by atoms with Crippen molar-refractivity contribution in [1.29, 1.82) is 0 Å². The number of nitrogens with zero attached hydrogens (tertiary/aromatic N) is 1. The van der Waals surface area contributed by atoms with Crippen molar-refractivity contribution in [2.75, 3.05) is 6.61 Å². The molecule has 0 spiro atoms. The molecule has 0 unspecified atom stereocenters. The van der Waals surface area contributed by atoms with Gasteiger partial charge in [-0.15, -0.1) is 0 Å². The molecule has 2 aromatic carbocycles. The topological polar surface area (TPSA) is 31.2 Å².